The normalized spacial score (nSPS) is 23.3. The summed E-state index contributed by atoms with van der Waals surface area (Å²) in [6.07, 6.45) is 3.69. The smallest absolute Gasteiger partial charge is 0.149 e. The molecule has 1 N–H and O–H groups in total. The molecule has 0 aromatic carbocycles. The molecule has 2 heterocycles. The van der Waals surface area contributed by atoms with E-state index in [9.17, 15) is 0 Å². The first-order chi connectivity index (χ1) is 10.2. The Balaban J connectivity index is 1.93. The molecule has 0 amide bonds. The van der Waals surface area contributed by atoms with Gasteiger partial charge in [-0.3, -0.25) is 4.90 Å². The van der Waals surface area contributed by atoms with E-state index < -0.39 is 0 Å². The van der Waals surface area contributed by atoms with E-state index in [-0.39, 0.29) is 0 Å². The van der Waals surface area contributed by atoms with Crippen molar-refractivity contribution in [3.63, 3.8) is 0 Å². The summed E-state index contributed by atoms with van der Waals surface area (Å²) in [6.45, 7) is 4.29. The molecule has 1 saturated carbocycles. The van der Waals surface area contributed by atoms with Crippen LogP contribution in [0.15, 0.2) is 0 Å². The van der Waals surface area contributed by atoms with E-state index in [1.54, 1.807) is 0 Å². The van der Waals surface area contributed by atoms with Crippen molar-refractivity contribution in [2.75, 3.05) is 37.0 Å². The van der Waals surface area contributed by atoms with Gasteiger partial charge >= 0.3 is 0 Å². The molecule has 1 aromatic heterocycles. The number of hydrogen-bond acceptors (Lipinski definition) is 5. The van der Waals surface area contributed by atoms with Crippen molar-refractivity contribution in [3.05, 3.63) is 15.1 Å². The zero-order chi connectivity index (χ0) is 14.8. The van der Waals surface area contributed by atoms with Crippen LogP contribution in [0.4, 0.5) is 5.82 Å². The summed E-state index contributed by atoms with van der Waals surface area (Å²) < 4.78 is 1.23. The Kier molecular flexibility index (Phi) is 5.27. The maximum absolute atomic E-state index is 4.96. The molecule has 4 nitrogen and oxygen atoms in total. The third-order valence-corrected chi connectivity index (χ3v) is 6.18. The van der Waals surface area contributed by atoms with E-state index in [0.717, 1.165) is 36.9 Å². The maximum atomic E-state index is 4.96. The van der Waals surface area contributed by atoms with Crippen molar-refractivity contribution >= 4 is 40.2 Å². The molecule has 21 heavy (non-hydrogen) atoms. The Labute approximate surface area is 145 Å². The van der Waals surface area contributed by atoms with Gasteiger partial charge in [0.15, 0.2) is 0 Å². The lowest BCUT2D eigenvalue weighted by molar-refractivity contribution is 0.264. The van der Waals surface area contributed by atoms with Crippen LogP contribution in [0.3, 0.4) is 0 Å². The van der Waals surface area contributed by atoms with Gasteiger partial charge in [0, 0.05) is 30.5 Å². The Morgan fingerprint density at radius 3 is 2.86 bits per heavy atom. The minimum atomic E-state index is 0.362. The Morgan fingerprint density at radius 2 is 2.19 bits per heavy atom. The second-order valence-electron chi connectivity index (χ2n) is 5.90. The van der Waals surface area contributed by atoms with E-state index in [0.29, 0.717) is 12.0 Å². The highest BCUT2D eigenvalue weighted by atomic mass is 127. The van der Waals surface area contributed by atoms with Crippen LogP contribution in [0.25, 0.3) is 0 Å². The highest BCUT2D eigenvalue weighted by Gasteiger charge is 2.32. The SMILES string of the molecule is CCCNc1nc(C2CSCCN2C)nc(C2CC2)c1I. The predicted octanol–water partition coefficient (Wildman–Crippen LogP) is 3.50. The van der Waals surface area contributed by atoms with Crippen LogP contribution >= 0.6 is 34.4 Å². The second-order valence-corrected chi connectivity index (χ2v) is 8.13. The molecule has 1 aliphatic heterocycles. The first kappa shape index (κ1) is 15.8. The van der Waals surface area contributed by atoms with Gasteiger partial charge in [-0.05, 0) is 48.9 Å². The Morgan fingerprint density at radius 1 is 1.38 bits per heavy atom. The quantitative estimate of drug-likeness (QED) is 0.742. The van der Waals surface area contributed by atoms with E-state index in [1.807, 2.05) is 11.8 Å². The number of nitrogens with one attached hydrogen (secondary N) is 1. The van der Waals surface area contributed by atoms with Crippen LogP contribution in [-0.2, 0) is 0 Å². The molecule has 6 heteroatoms. The molecular formula is C15H23IN4S. The predicted molar refractivity (Wildman–Crippen MR) is 98.2 cm³/mol. The van der Waals surface area contributed by atoms with E-state index >= 15 is 0 Å². The van der Waals surface area contributed by atoms with Gasteiger partial charge in [-0.25, -0.2) is 9.97 Å². The molecule has 2 fully saturated rings. The fraction of sp³-hybridized carbons (Fsp3) is 0.733. The Bertz CT molecular complexity index is 507. The lowest BCUT2D eigenvalue weighted by Crippen LogP contribution is -2.34. The average Bonchev–Trinajstić information content (AvgIpc) is 3.31. The lowest BCUT2D eigenvalue weighted by Gasteiger charge is -2.31. The number of aromatic nitrogens is 2. The highest BCUT2D eigenvalue weighted by Crippen LogP contribution is 2.43. The van der Waals surface area contributed by atoms with Gasteiger partial charge in [-0.2, -0.15) is 11.8 Å². The summed E-state index contributed by atoms with van der Waals surface area (Å²) in [7, 11) is 2.20. The van der Waals surface area contributed by atoms with E-state index in [1.165, 1.54) is 27.9 Å². The highest BCUT2D eigenvalue weighted by molar-refractivity contribution is 14.1. The number of nitrogens with zero attached hydrogens (tertiary/aromatic N) is 3. The summed E-state index contributed by atoms with van der Waals surface area (Å²) in [5.74, 6) is 5.06. The van der Waals surface area contributed by atoms with Crippen LogP contribution in [0.2, 0.25) is 0 Å². The van der Waals surface area contributed by atoms with Gasteiger partial charge in [0.2, 0.25) is 0 Å². The molecule has 1 unspecified atom stereocenters. The molecule has 1 saturated heterocycles. The van der Waals surface area contributed by atoms with Gasteiger partial charge < -0.3 is 5.32 Å². The number of rotatable bonds is 5. The van der Waals surface area contributed by atoms with Gasteiger partial charge in [-0.1, -0.05) is 6.92 Å². The van der Waals surface area contributed by atoms with Crippen LogP contribution in [0.5, 0.6) is 0 Å². The fourth-order valence-corrected chi connectivity index (χ4v) is 4.66. The standard InChI is InChI=1S/C15H23IN4S/c1-3-6-17-15-12(16)13(10-4-5-10)18-14(19-15)11-9-21-8-7-20(11)2/h10-11H,3-9H2,1-2H3,(H,17,18,19). The van der Waals surface area contributed by atoms with E-state index in [2.05, 4.69) is 46.8 Å². The van der Waals surface area contributed by atoms with Crippen molar-refractivity contribution in [3.8, 4) is 0 Å². The van der Waals surface area contributed by atoms with Crippen molar-refractivity contribution in [1.82, 2.24) is 14.9 Å². The van der Waals surface area contributed by atoms with Crippen molar-refractivity contribution in [2.24, 2.45) is 0 Å². The van der Waals surface area contributed by atoms with Crippen LogP contribution in [-0.4, -0.2) is 46.5 Å². The van der Waals surface area contributed by atoms with Crippen LogP contribution in [0, 0.1) is 3.57 Å². The first-order valence-corrected chi connectivity index (χ1v) is 10.0. The number of hydrogen-bond donors (Lipinski definition) is 1. The minimum absolute atomic E-state index is 0.362. The molecule has 1 aromatic rings. The molecule has 3 rings (SSSR count). The number of halogens is 1. The van der Waals surface area contributed by atoms with Gasteiger partial charge in [0.1, 0.15) is 11.6 Å². The van der Waals surface area contributed by atoms with Crippen molar-refractivity contribution in [1.29, 1.82) is 0 Å². The molecule has 0 spiro atoms. The maximum Gasteiger partial charge on any atom is 0.149 e. The zero-order valence-electron chi connectivity index (χ0n) is 12.7. The summed E-state index contributed by atoms with van der Waals surface area (Å²) in [5.41, 5.74) is 1.28. The third-order valence-electron chi connectivity index (χ3n) is 4.09. The number of thioether (sulfide) groups is 1. The molecule has 2 aliphatic rings. The van der Waals surface area contributed by atoms with Gasteiger partial charge in [-0.15, -0.1) is 0 Å². The number of anilines is 1. The largest absolute Gasteiger partial charge is 0.369 e. The summed E-state index contributed by atoms with van der Waals surface area (Å²) >= 11 is 4.44. The molecule has 1 atom stereocenters. The zero-order valence-corrected chi connectivity index (χ0v) is 15.7. The Hall–Kier alpha value is -0.0800. The van der Waals surface area contributed by atoms with Crippen LogP contribution in [0.1, 0.15) is 49.7 Å². The fourth-order valence-electron chi connectivity index (χ4n) is 2.58. The van der Waals surface area contributed by atoms with E-state index in [4.69, 9.17) is 9.97 Å². The summed E-state index contributed by atoms with van der Waals surface area (Å²) in [5, 5.41) is 3.50. The van der Waals surface area contributed by atoms with Crippen molar-refractivity contribution < 1.29 is 0 Å². The second kappa shape index (κ2) is 7.00. The average molecular weight is 418 g/mol. The molecular weight excluding hydrogens is 395 g/mol. The first-order valence-electron chi connectivity index (χ1n) is 7.80. The van der Waals surface area contributed by atoms with Crippen molar-refractivity contribution in [2.45, 2.75) is 38.1 Å². The summed E-state index contributed by atoms with van der Waals surface area (Å²) in [4.78, 5) is 12.2. The molecule has 0 radical (unpaired) electrons. The van der Waals surface area contributed by atoms with Crippen LogP contribution < -0.4 is 5.32 Å². The summed E-state index contributed by atoms with van der Waals surface area (Å²) in [6, 6.07) is 0.362. The monoisotopic (exact) mass is 418 g/mol. The molecule has 116 valence electrons. The molecule has 0 bridgehead atoms. The van der Waals surface area contributed by atoms with Gasteiger partial charge in [0.05, 0.1) is 15.3 Å². The molecule has 1 aliphatic carbocycles. The van der Waals surface area contributed by atoms with Gasteiger partial charge in [0.25, 0.3) is 0 Å². The third kappa shape index (κ3) is 3.64. The topological polar surface area (TPSA) is 41.1 Å². The lowest BCUT2D eigenvalue weighted by atomic mass is 10.2. The minimum Gasteiger partial charge on any atom is -0.369 e.